The number of hydrogen-bond acceptors (Lipinski definition) is 8. The molecule has 2 aromatic rings. The third-order valence-electron chi connectivity index (χ3n) is 6.56. The molecule has 1 saturated carbocycles. The van der Waals surface area contributed by atoms with Gasteiger partial charge < -0.3 is 34.2 Å². The van der Waals surface area contributed by atoms with Gasteiger partial charge in [-0.05, 0) is 67.3 Å². The number of amides is 1. The van der Waals surface area contributed by atoms with E-state index in [1.807, 2.05) is 25.1 Å². The van der Waals surface area contributed by atoms with Crippen molar-refractivity contribution in [1.82, 2.24) is 0 Å². The minimum absolute atomic E-state index is 0.0117. The second-order valence-electron chi connectivity index (χ2n) is 8.82. The lowest BCUT2D eigenvalue weighted by molar-refractivity contribution is -0.125. The van der Waals surface area contributed by atoms with E-state index in [-0.39, 0.29) is 24.5 Å². The van der Waals surface area contributed by atoms with Crippen molar-refractivity contribution in [3.05, 3.63) is 35.4 Å². The number of ether oxygens (including phenoxy) is 6. The van der Waals surface area contributed by atoms with Crippen molar-refractivity contribution in [1.29, 1.82) is 0 Å². The first-order chi connectivity index (χ1) is 17.9. The summed E-state index contributed by atoms with van der Waals surface area (Å²) >= 11 is 1.75. The predicted molar refractivity (Wildman–Crippen MR) is 145 cm³/mol. The normalized spacial score (nSPS) is 18.9. The Hall–Kier alpha value is -2.78. The quantitative estimate of drug-likeness (QED) is 0.333. The minimum Gasteiger partial charge on any atom is -0.493 e. The summed E-state index contributed by atoms with van der Waals surface area (Å²) in [6.07, 6.45) is 2.46. The van der Waals surface area contributed by atoms with Gasteiger partial charge in [0.15, 0.2) is 23.0 Å². The predicted octanol–water partition coefficient (Wildman–Crippen LogP) is 5.15. The molecule has 1 unspecified atom stereocenters. The second-order valence-corrected chi connectivity index (χ2v) is 9.96. The monoisotopic (exact) mass is 533 g/mol. The number of carbonyl (C=O) groups excluding carboxylic acids is 1. The van der Waals surface area contributed by atoms with E-state index in [2.05, 4.69) is 13.0 Å². The molecule has 0 spiro atoms. The summed E-state index contributed by atoms with van der Waals surface area (Å²) in [6.45, 7) is 4.51. The Morgan fingerprint density at radius 1 is 0.865 bits per heavy atom. The molecular formula is C28H39NO7S. The van der Waals surface area contributed by atoms with E-state index in [1.165, 1.54) is 0 Å². The van der Waals surface area contributed by atoms with E-state index in [9.17, 15) is 4.79 Å². The molecule has 1 aliphatic rings. The van der Waals surface area contributed by atoms with Gasteiger partial charge >= 0.3 is 0 Å². The van der Waals surface area contributed by atoms with E-state index < -0.39 is 5.91 Å². The highest BCUT2D eigenvalue weighted by Gasteiger charge is 2.40. The maximum atomic E-state index is 11.7. The molecule has 1 amide bonds. The zero-order valence-electron chi connectivity index (χ0n) is 22.6. The van der Waals surface area contributed by atoms with Crippen molar-refractivity contribution in [2.45, 2.75) is 55.9 Å². The average Bonchev–Trinajstić information content (AvgIpc) is 3.34. The van der Waals surface area contributed by atoms with Gasteiger partial charge in [0.25, 0.3) is 0 Å². The molecule has 8 nitrogen and oxygen atoms in total. The fourth-order valence-corrected chi connectivity index (χ4v) is 5.91. The Bertz CT molecular complexity index is 1040. The topological polar surface area (TPSA) is 98.5 Å². The van der Waals surface area contributed by atoms with E-state index >= 15 is 0 Å². The van der Waals surface area contributed by atoms with Crippen molar-refractivity contribution in [2.75, 3.05) is 47.4 Å². The van der Waals surface area contributed by atoms with Crippen LogP contribution in [0.15, 0.2) is 29.2 Å². The van der Waals surface area contributed by atoms with Crippen molar-refractivity contribution in [2.24, 2.45) is 5.73 Å². The van der Waals surface area contributed by atoms with Crippen LogP contribution in [0.4, 0.5) is 0 Å². The van der Waals surface area contributed by atoms with Crippen LogP contribution in [0.25, 0.3) is 0 Å². The molecule has 0 heterocycles. The average molecular weight is 534 g/mol. The lowest BCUT2D eigenvalue weighted by Crippen LogP contribution is -2.28. The van der Waals surface area contributed by atoms with Crippen LogP contribution >= 0.6 is 11.8 Å². The highest BCUT2D eigenvalue weighted by Crippen LogP contribution is 2.51. The van der Waals surface area contributed by atoms with Crippen LogP contribution in [0.3, 0.4) is 0 Å². The Morgan fingerprint density at radius 2 is 1.41 bits per heavy atom. The Morgan fingerprint density at radius 3 is 1.86 bits per heavy atom. The van der Waals surface area contributed by atoms with Crippen LogP contribution in [0.2, 0.25) is 0 Å². The van der Waals surface area contributed by atoms with Crippen LogP contribution in [0, 0.1) is 0 Å². The smallest absolute Gasteiger partial charge is 0.243 e. The molecule has 0 bridgehead atoms. The molecular weight excluding hydrogens is 494 g/mol. The Kier molecular flexibility index (Phi) is 10.6. The van der Waals surface area contributed by atoms with Crippen LogP contribution < -0.4 is 29.4 Å². The highest BCUT2D eigenvalue weighted by atomic mass is 32.2. The van der Waals surface area contributed by atoms with Gasteiger partial charge in [-0.2, -0.15) is 0 Å². The first kappa shape index (κ1) is 28.8. The zero-order chi connectivity index (χ0) is 26.9. The molecule has 204 valence electrons. The number of primary amides is 1. The van der Waals surface area contributed by atoms with E-state index in [1.54, 1.807) is 40.2 Å². The zero-order valence-corrected chi connectivity index (χ0v) is 23.4. The molecule has 1 fully saturated rings. The number of benzene rings is 2. The molecule has 3 rings (SSSR count). The summed E-state index contributed by atoms with van der Waals surface area (Å²) in [5, 5.41) is 0. The number of methoxy groups -OCH3 is 4. The van der Waals surface area contributed by atoms with Crippen molar-refractivity contribution >= 4 is 17.7 Å². The first-order valence-corrected chi connectivity index (χ1v) is 13.6. The molecule has 37 heavy (non-hydrogen) atoms. The molecule has 9 heteroatoms. The fraction of sp³-hybridized carbons (Fsp3) is 0.536. The van der Waals surface area contributed by atoms with Gasteiger partial charge in [-0.25, -0.2) is 0 Å². The summed E-state index contributed by atoms with van der Waals surface area (Å²) in [5.41, 5.74) is 7.56. The number of thioether (sulfide) groups is 1. The lowest BCUT2D eigenvalue weighted by atomic mass is 9.89. The number of nitrogens with two attached hydrogens (primary N) is 1. The van der Waals surface area contributed by atoms with Crippen LogP contribution in [-0.4, -0.2) is 59.4 Å². The van der Waals surface area contributed by atoms with Gasteiger partial charge in [0, 0.05) is 11.8 Å². The lowest BCUT2D eigenvalue weighted by Gasteiger charge is -2.27. The van der Waals surface area contributed by atoms with Gasteiger partial charge in [0.05, 0.1) is 46.0 Å². The molecule has 0 aliphatic heterocycles. The largest absolute Gasteiger partial charge is 0.493 e. The van der Waals surface area contributed by atoms with Gasteiger partial charge in [0.1, 0.15) is 6.61 Å². The maximum absolute atomic E-state index is 11.7. The van der Waals surface area contributed by atoms with Crippen LogP contribution in [0.1, 0.15) is 56.1 Å². The number of hydrogen-bond donors (Lipinski definition) is 1. The molecule has 2 N–H and O–H groups in total. The summed E-state index contributed by atoms with van der Waals surface area (Å²) in [6, 6.07) is 8.12. The summed E-state index contributed by atoms with van der Waals surface area (Å²) in [4.78, 5) is 12.8. The maximum Gasteiger partial charge on any atom is 0.243 e. The van der Waals surface area contributed by atoms with E-state index in [0.717, 1.165) is 46.8 Å². The highest BCUT2D eigenvalue weighted by molar-refractivity contribution is 7.99. The third-order valence-corrected chi connectivity index (χ3v) is 7.78. The fourth-order valence-electron chi connectivity index (χ4n) is 4.98. The minimum atomic E-state index is -0.502. The van der Waals surface area contributed by atoms with Crippen LogP contribution in [-0.2, 0) is 9.53 Å². The summed E-state index contributed by atoms with van der Waals surface area (Å²) in [5.74, 6) is 3.63. The van der Waals surface area contributed by atoms with Crippen molar-refractivity contribution in [3.63, 3.8) is 0 Å². The summed E-state index contributed by atoms with van der Waals surface area (Å²) < 4.78 is 34.6. The van der Waals surface area contributed by atoms with Gasteiger partial charge in [-0.3, -0.25) is 4.79 Å². The molecule has 2 aromatic carbocycles. The molecule has 3 atom stereocenters. The van der Waals surface area contributed by atoms with E-state index in [4.69, 9.17) is 34.2 Å². The number of carbonyl (C=O) groups is 1. The van der Waals surface area contributed by atoms with Gasteiger partial charge in [-0.1, -0.05) is 6.92 Å². The SMILES string of the molecule is CCCSc1cc([C@H]2CC[C@H](c3cc(OC)c(OC)c(OC)c3)C2OCC(N)=O)cc(OC)c1OCC. The molecule has 0 saturated heterocycles. The number of rotatable bonds is 14. The van der Waals surface area contributed by atoms with Crippen LogP contribution in [0.5, 0.6) is 28.7 Å². The van der Waals surface area contributed by atoms with Gasteiger partial charge in [0.2, 0.25) is 11.7 Å². The Labute approximate surface area is 224 Å². The molecule has 1 aliphatic carbocycles. The van der Waals surface area contributed by atoms with Crippen molar-refractivity contribution < 1.29 is 33.2 Å². The van der Waals surface area contributed by atoms with Gasteiger partial charge in [-0.15, -0.1) is 11.8 Å². The second kappa shape index (κ2) is 13.7. The van der Waals surface area contributed by atoms with E-state index in [0.29, 0.717) is 29.6 Å². The first-order valence-electron chi connectivity index (χ1n) is 12.6. The third kappa shape index (κ3) is 6.57. The van der Waals surface area contributed by atoms with Crippen molar-refractivity contribution in [3.8, 4) is 28.7 Å². The molecule has 0 aromatic heterocycles. The Balaban J connectivity index is 2.07. The standard InChI is InChI=1S/C28H39NO7S/c1-7-11-37-24-15-18(14-23(33-5)28(24)35-8-2)20-10-9-19(26(20)36-16-25(29)30)17-12-21(31-3)27(34-6)22(13-17)32-4/h12-15,19-20,26H,7-11,16H2,1-6H3,(H2,29,30)/t19-,20-,26?/m1/s1. The summed E-state index contributed by atoms with van der Waals surface area (Å²) in [7, 11) is 6.44. The molecule has 0 radical (unpaired) electrons.